The van der Waals surface area contributed by atoms with Gasteiger partial charge in [-0.15, -0.1) is 8.07 Å². The van der Waals surface area contributed by atoms with Crippen LogP contribution in [0.2, 0.25) is 19.6 Å². The van der Waals surface area contributed by atoms with Crippen molar-refractivity contribution in [3.05, 3.63) is 222 Å². The molecule has 0 fully saturated rings. The lowest BCUT2D eigenvalue weighted by molar-refractivity contribution is 0.753. The van der Waals surface area contributed by atoms with Crippen LogP contribution in [-0.2, 0) is 5.41 Å². The zero-order valence-corrected chi connectivity index (χ0v) is 34.3. The number of rotatable bonds is 5. The number of nitrogens with zero attached hydrogens (tertiary/aromatic N) is 3. The van der Waals surface area contributed by atoms with Crippen LogP contribution in [0.5, 0.6) is 0 Å². The summed E-state index contributed by atoms with van der Waals surface area (Å²) in [5.74, 6) is 0. The van der Waals surface area contributed by atoms with Gasteiger partial charge in [0, 0.05) is 22.4 Å². The smallest absolute Gasteiger partial charge is 0.0991 e. The summed E-state index contributed by atoms with van der Waals surface area (Å²) < 4.78 is 0. The van der Waals surface area contributed by atoms with E-state index >= 15 is 0 Å². The van der Waals surface area contributed by atoms with Gasteiger partial charge in [0.1, 0.15) is 0 Å². The maximum Gasteiger partial charge on any atom is 0.0991 e. The average Bonchev–Trinajstić information content (AvgIpc) is 3.58. The molecule has 1 spiro atoms. The molecule has 1 aliphatic heterocycles. The van der Waals surface area contributed by atoms with Crippen LogP contribution < -0.4 is 15.0 Å². The molecule has 0 bridgehead atoms. The molecule has 1 aliphatic carbocycles. The Morgan fingerprint density at radius 3 is 1.68 bits per heavy atom. The zero-order chi connectivity index (χ0) is 39.9. The van der Waals surface area contributed by atoms with Gasteiger partial charge in [-0.05, 0) is 116 Å². The number of hydrogen-bond donors (Lipinski definition) is 0. The Morgan fingerprint density at radius 1 is 0.492 bits per heavy atom. The molecule has 3 nitrogen and oxygen atoms in total. The van der Waals surface area contributed by atoms with E-state index in [1.807, 2.05) is 12.1 Å². The molecule has 0 saturated carbocycles. The van der Waals surface area contributed by atoms with Crippen LogP contribution in [0, 0.1) is 11.3 Å². The van der Waals surface area contributed by atoms with Gasteiger partial charge in [-0.1, -0.05) is 127 Å². The molecule has 1 heterocycles. The standard InChI is InChI=1S/C55H41N3Si/c1-59(2,3)42-32-30-41(31-33-42)57(40-28-25-37(36-56)26-29-40)52-35-49-54(45-20-10-9-19-44(45)52)53-43-18-8-7-15-38(43)27-34-48(53)55(49)46-21-11-13-23-50(46)58(39-16-5-4-6-17-39)51-24-14-12-22-47(51)55/h4-35H,1-3H3/q-1. The van der Waals surface area contributed by atoms with Gasteiger partial charge in [0.15, 0.2) is 0 Å². The predicted octanol–water partition coefficient (Wildman–Crippen LogP) is 14.0. The maximum absolute atomic E-state index is 9.85. The Balaban J connectivity index is 1.30. The largest absolute Gasteiger partial charge is 0.310 e. The van der Waals surface area contributed by atoms with Gasteiger partial charge in [0.05, 0.1) is 34.1 Å². The van der Waals surface area contributed by atoms with Crippen molar-refractivity contribution in [1.29, 1.82) is 5.26 Å². The Bertz CT molecular complexity index is 3110. The fourth-order valence-corrected chi connectivity index (χ4v) is 11.2. The number of nitriles is 1. The van der Waals surface area contributed by atoms with Crippen molar-refractivity contribution >= 4 is 68.9 Å². The summed E-state index contributed by atoms with van der Waals surface area (Å²) in [7, 11) is -1.56. The second-order valence-corrected chi connectivity index (χ2v) is 21.9. The van der Waals surface area contributed by atoms with Gasteiger partial charge < -0.3 is 9.80 Å². The number of anilines is 6. The summed E-state index contributed by atoms with van der Waals surface area (Å²) in [4.78, 5) is 4.85. The molecule has 9 aromatic rings. The van der Waals surface area contributed by atoms with Gasteiger partial charge in [-0.3, -0.25) is 0 Å². The topological polar surface area (TPSA) is 30.3 Å². The fourth-order valence-electron chi connectivity index (χ4n) is 10.0. The van der Waals surface area contributed by atoms with Gasteiger partial charge in [0.25, 0.3) is 0 Å². The summed E-state index contributed by atoms with van der Waals surface area (Å²) in [6, 6.07) is 73.5. The Morgan fingerprint density at radius 2 is 1.03 bits per heavy atom. The minimum atomic E-state index is -1.56. The first-order valence-corrected chi connectivity index (χ1v) is 23.9. The summed E-state index contributed by atoms with van der Waals surface area (Å²) >= 11 is 0. The Hall–Kier alpha value is -7.19. The van der Waals surface area contributed by atoms with Crippen LogP contribution in [0.25, 0.3) is 32.7 Å². The van der Waals surface area contributed by atoms with Crippen molar-refractivity contribution < 1.29 is 0 Å². The Kier molecular flexibility index (Phi) is 7.82. The molecular formula is C55H41N3Si-. The molecule has 0 aromatic heterocycles. The second-order valence-electron chi connectivity index (χ2n) is 16.8. The minimum absolute atomic E-state index is 0.640. The molecule has 11 rings (SSSR count). The monoisotopic (exact) mass is 771 g/mol. The number of para-hydroxylation sites is 3. The van der Waals surface area contributed by atoms with E-state index in [1.54, 1.807) is 0 Å². The average molecular weight is 772 g/mol. The van der Waals surface area contributed by atoms with Crippen molar-refractivity contribution in [2.75, 3.05) is 9.80 Å². The van der Waals surface area contributed by atoms with E-state index in [4.69, 9.17) is 0 Å². The van der Waals surface area contributed by atoms with Crippen molar-refractivity contribution in [3.63, 3.8) is 0 Å². The molecule has 4 heteroatoms. The second kappa shape index (κ2) is 13.2. The van der Waals surface area contributed by atoms with Gasteiger partial charge in [-0.2, -0.15) is 30.1 Å². The van der Waals surface area contributed by atoms with Gasteiger partial charge in [-0.25, -0.2) is 0 Å². The van der Waals surface area contributed by atoms with Crippen LogP contribution in [0.15, 0.2) is 194 Å². The first-order valence-electron chi connectivity index (χ1n) is 20.4. The lowest BCUT2D eigenvalue weighted by Crippen LogP contribution is -2.37. The highest BCUT2D eigenvalue weighted by atomic mass is 28.3. The predicted molar refractivity (Wildman–Crippen MR) is 249 cm³/mol. The van der Waals surface area contributed by atoms with Crippen molar-refractivity contribution in [3.8, 4) is 17.2 Å². The van der Waals surface area contributed by atoms with Gasteiger partial charge in [0.2, 0.25) is 0 Å². The molecule has 9 aromatic carbocycles. The third-order valence-electron chi connectivity index (χ3n) is 12.6. The lowest BCUT2D eigenvalue weighted by Gasteiger charge is -2.45. The quantitative estimate of drug-likeness (QED) is 0.163. The van der Waals surface area contributed by atoms with Crippen LogP contribution in [-0.4, -0.2) is 8.07 Å². The normalized spacial score (nSPS) is 13.4. The van der Waals surface area contributed by atoms with Gasteiger partial charge >= 0.3 is 0 Å². The molecule has 59 heavy (non-hydrogen) atoms. The van der Waals surface area contributed by atoms with E-state index in [0.29, 0.717) is 5.56 Å². The van der Waals surface area contributed by atoms with E-state index in [0.717, 1.165) is 22.7 Å². The number of hydrogen-bond acceptors (Lipinski definition) is 3. The molecule has 0 amide bonds. The summed E-state index contributed by atoms with van der Waals surface area (Å²) in [5.41, 5.74) is 14.3. The lowest BCUT2D eigenvalue weighted by atomic mass is 9.64. The fraction of sp³-hybridized carbons (Fsp3) is 0.0727. The summed E-state index contributed by atoms with van der Waals surface area (Å²) in [5, 5.41) is 16.1. The van der Waals surface area contributed by atoms with E-state index in [1.165, 1.54) is 71.5 Å². The van der Waals surface area contributed by atoms with Crippen LogP contribution in [0.3, 0.4) is 0 Å². The van der Waals surface area contributed by atoms with Crippen LogP contribution >= 0.6 is 0 Å². The van der Waals surface area contributed by atoms with Crippen LogP contribution in [0.4, 0.5) is 34.1 Å². The number of fused-ring (bicyclic) bond motifs is 13. The summed E-state index contributed by atoms with van der Waals surface area (Å²) in [6.45, 7) is 7.19. The number of benzene rings is 9. The van der Waals surface area contributed by atoms with E-state index in [2.05, 4.69) is 218 Å². The third-order valence-corrected chi connectivity index (χ3v) is 14.7. The van der Waals surface area contributed by atoms with Crippen molar-refractivity contribution in [1.82, 2.24) is 0 Å². The molecule has 281 valence electrons. The molecule has 0 N–H and O–H groups in total. The molecule has 0 unspecified atom stereocenters. The highest BCUT2D eigenvalue weighted by Gasteiger charge is 2.53. The molecule has 0 radical (unpaired) electrons. The van der Waals surface area contributed by atoms with Crippen molar-refractivity contribution in [2.45, 2.75) is 25.1 Å². The molecular weight excluding hydrogens is 731 g/mol. The molecule has 0 saturated heterocycles. The minimum Gasteiger partial charge on any atom is -0.310 e. The SMILES string of the molecule is C[Si-](C)(C)c1ccc(N(c2ccc(C#N)cc2)c2cc3c(c4ccccc24)-c2c(ccc4ccccc24)C32c3ccccc3N(c3ccccc3)c3ccccc32)cc1. The van der Waals surface area contributed by atoms with E-state index in [9.17, 15) is 5.26 Å². The third kappa shape index (κ3) is 5.12. The Labute approximate surface area is 346 Å². The summed E-state index contributed by atoms with van der Waals surface area (Å²) in [6.07, 6.45) is 0. The first-order chi connectivity index (χ1) is 28.9. The highest BCUT2D eigenvalue weighted by molar-refractivity contribution is 6.88. The zero-order valence-electron chi connectivity index (χ0n) is 33.3. The van der Waals surface area contributed by atoms with Crippen LogP contribution in [0.1, 0.15) is 27.8 Å². The molecule has 2 aliphatic rings. The molecule has 0 atom stereocenters. The van der Waals surface area contributed by atoms with Crippen molar-refractivity contribution in [2.24, 2.45) is 0 Å². The highest BCUT2D eigenvalue weighted by Crippen LogP contribution is 2.66. The maximum atomic E-state index is 9.85. The van der Waals surface area contributed by atoms with E-state index < -0.39 is 13.5 Å². The first kappa shape index (κ1) is 35.0. The van der Waals surface area contributed by atoms with E-state index in [-0.39, 0.29) is 0 Å².